The van der Waals surface area contributed by atoms with Crippen molar-refractivity contribution in [3.05, 3.63) is 39.4 Å². The molecule has 0 spiro atoms. The first kappa shape index (κ1) is 14.9. The third kappa shape index (κ3) is 2.84. The number of hydrogen-bond donors (Lipinski definition) is 2. The van der Waals surface area contributed by atoms with E-state index in [-0.39, 0.29) is 24.2 Å². The van der Waals surface area contributed by atoms with Crippen LogP contribution < -0.4 is 0 Å². The van der Waals surface area contributed by atoms with E-state index >= 15 is 0 Å². The highest BCUT2D eigenvalue weighted by molar-refractivity contribution is 5.97. The zero-order valence-electron chi connectivity index (χ0n) is 11.2. The Balaban J connectivity index is 2.33. The van der Waals surface area contributed by atoms with Crippen LogP contribution in [0.1, 0.15) is 22.3 Å². The minimum atomic E-state index is -1.21. The normalized spacial score (nSPS) is 21.3. The lowest BCUT2D eigenvalue weighted by Gasteiger charge is -2.21. The average molecular weight is 294 g/mol. The molecule has 1 fully saturated rings. The molecule has 1 heterocycles. The molecule has 0 bridgehead atoms. The van der Waals surface area contributed by atoms with Crippen LogP contribution in [-0.2, 0) is 4.79 Å². The minimum absolute atomic E-state index is 0.0349. The number of benzene rings is 1. The van der Waals surface area contributed by atoms with Crippen molar-refractivity contribution in [2.45, 2.75) is 25.5 Å². The summed E-state index contributed by atoms with van der Waals surface area (Å²) in [5.74, 6) is -1.84. The number of rotatable bonds is 3. The van der Waals surface area contributed by atoms with Crippen LogP contribution in [0, 0.1) is 17.0 Å². The van der Waals surface area contributed by atoms with Crippen LogP contribution in [0.25, 0.3) is 0 Å². The van der Waals surface area contributed by atoms with Crippen molar-refractivity contribution in [3.63, 3.8) is 0 Å². The summed E-state index contributed by atoms with van der Waals surface area (Å²) in [4.78, 5) is 34.8. The Morgan fingerprint density at radius 3 is 2.67 bits per heavy atom. The number of likely N-dealkylation sites (tertiary alicyclic amines) is 1. The molecule has 1 aromatic carbocycles. The highest BCUT2D eigenvalue weighted by Crippen LogP contribution is 2.24. The van der Waals surface area contributed by atoms with Crippen molar-refractivity contribution in [1.82, 2.24) is 4.90 Å². The lowest BCUT2D eigenvalue weighted by atomic mass is 10.1. The lowest BCUT2D eigenvalue weighted by molar-refractivity contribution is -0.385. The SMILES string of the molecule is Cc1ccc(C(=O)N2CC(O)C[C@H]2C(=O)O)cc1[N+](=O)[O-]. The molecule has 2 N–H and O–H groups in total. The van der Waals surface area contributed by atoms with Gasteiger partial charge in [0, 0.05) is 30.2 Å². The highest BCUT2D eigenvalue weighted by Gasteiger charge is 2.39. The number of carboxylic acid groups (broad SMARTS) is 1. The van der Waals surface area contributed by atoms with Gasteiger partial charge in [0.2, 0.25) is 0 Å². The molecule has 2 rings (SSSR count). The third-order valence-corrected chi connectivity index (χ3v) is 3.48. The zero-order chi connectivity index (χ0) is 15.7. The third-order valence-electron chi connectivity index (χ3n) is 3.48. The second-order valence-electron chi connectivity index (χ2n) is 4.96. The molecule has 0 radical (unpaired) electrons. The van der Waals surface area contributed by atoms with Crippen molar-refractivity contribution in [3.8, 4) is 0 Å². The quantitative estimate of drug-likeness (QED) is 0.620. The van der Waals surface area contributed by atoms with Crippen LogP contribution in [-0.4, -0.2) is 50.6 Å². The molecule has 1 aliphatic rings. The van der Waals surface area contributed by atoms with Crippen LogP contribution in [0.2, 0.25) is 0 Å². The molecular weight excluding hydrogens is 280 g/mol. The van der Waals surface area contributed by atoms with Crippen LogP contribution in [0.3, 0.4) is 0 Å². The fraction of sp³-hybridized carbons (Fsp3) is 0.385. The number of nitro groups is 1. The average Bonchev–Trinajstić information content (AvgIpc) is 2.80. The number of amides is 1. The maximum Gasteiger partial charge on any atom is 0.326 e. The van der Waals surface area contributed by atoms with E-state index in [2.05, 4.69) is 0 Å². The topological polar surface area (TPSA) is 121 Å². The number of aliphatic carboxylic acids is 1. The van der Waals surface area contributed by atoms with Gasteiger partial charge in [-0.2, -0.15) is 0 Å². The summed E-state index contributed by atoms with van der Waals surface area (Å²) in [6, 6.07) is 2.86. The number of aliphatic hydroxyl groups excluding tert-OH is 1. The molecule has 1 aromatic rings. The summed E-state index contributed by atoms with van der Waals surface area (Å²) in [6.45, 7) is 1.45. The first-order chi connectivity index (χ1) is 9.81. The van der Waals surface area contributed by atoms with Crippen LogP contribution in [0.5, 0.6) is 0 Å². The second-order valence-corrected chi connectivity index (χ2v) is 4.96. The summed E-state index contributed by atoms with van der Waals surface area (Å²) >= 11 is 0. The van der Waals surface area contributed by atoms with E-state index in [9.17, 15) is 24.8 Å². The number of nitrogens with zero attached hydrogens (tertiary/aromatic N) is 2. The molecule has 0 saturated carbocycles. The fourth-order valence-corrected chi connectivity index (χ4v) is 2.38. The predicted octanol–water partition coefficient (Wildman–Crippen LogP) is 0.563. The molecule has 8 heteroatoms. The van der Waals surface area contributed by atoms with E-state index in [1.807, 2.05) is 0 Å². The standard InChI is InChI=1S/C13H14N2O6/c1-7-2-3-8(4-10(7)15(20)21)12(17)14-6-9(16)5-11(14)13(18)19/h2-4,9,11,16H,5-6H2,1H3,(H,18,19)/t9?,11-/m0/s1. The highest BCUT2D eigenvalue weighted by atomic mass is 16.6. The summed E-state index contributed by atoms with van der Waals surface area (Å²) < 4.78 is 0. The molecule has 112 valence electrons. The van der Waals surface area contributed by atoms with Gasteiger partial charge in [-0.1, -0.05) is 6.07 Å². The van der Waals surface area contributed by atoms with Gasteiger partial charge in [0.15, 0.2) is 0 Å². The number of aliphatic hydroxyl groups is 1. The molecule has 1 amide bonds. The number of carbonyl (C=O) groups excluding carboxylic acids is 1. The molecule has 1 unspecified atom stereocenters. The van der Waals surface area contributed by atoms with E-state index in [0.717, 1.165) is 11.0 Å². The van der Waals surface area contributed by atoms with Gasteiger partial charge in [-0.05, 0) is 13.0 Å². The van der Waals surface area contributed by atoms with E-state index < -0.39 is 28.9 Å². The predicted molar refractivity (Wildman–Crippen MR) is 70.9 cm³/mol. The fourth-order valence-electron chi connectivity index (χ4n) is 2.38. The summed E-state index contributed by atoms with van der Waals surface area (Å²) in [7, 11) is 0. The Morgan fingerprint density at radius 2 is 2.10 bits per heavy atom. The van der Waals surface area contributed by atoms with Crippen LogP contribution in [0.15, 0.2) is 18.2 Å². The summed E-state index contributed by atoms with van der Waals surface area (Å²) in [5, 5.41) is 29.5. The minimum Gasteiger partial charge on any atom is -0.480 e. The Kier molecular flexibility index (Phi) is 3.90. The van der Waals surface area contributed by atoms with E-state index in [1.165, 1.54) is 12.1 Å². The maximum atomic E-state index is 12.3. The molecule has 2 atom stereocenters. The number of hydrogen-bond acceptors (Lipinski definition) is 5. The van der Waals surface area contributed by atoms with Gasteiger partial charge < -0.3 is 15.1 Å². The maximum absolute atomic E-state index is 12.3. The number of carbonyl (C=O) groups is 2. The summed E-state index contributed by atoms with van der Waals surface area (Å²) in [5.41, 5.74) is 0.243. The Bertz CT molecular complexity index is 615. The number of nitro benzene ring substituents is 1. The first-order valence-corrected chi connectivity index (χ1v) is 6.28. The molecule has 21 heavy (non-hydrogen) atoms. The zero-order valence-corrected chi connectivity index (χ0v) is 11.2. The molecule has 1 aliphatic heterocycles. The molecule has 0 aromatic heterocycles. The van der Waals surface area contributed by atoms with Crippen LogP contribution >= 0.6 is 0 Å². The van der Waals surface area contributed by atoms with E-state index in [4.69, 9.17) is 5.11 Å². The lowest BCUT2D eigenvalue weighted by Crippen LogP contribution is -2.40. The van der Waals surface area contributed by atoms with Gasteiger partial charge in [0.1, 0.15) is 6.04 Å². The molecule has 8 nitrogen and oxygen atoms in total. The number of carboxylic acids is 1. The van der Waals surface area contributed by atoms with Gasteiger partial charge in [-0.25, -0.2) is 4.79 Å². The van der Waals surface area contributed by atoms with Crippen LogP contribution in [0.4, 0.5) is 5.69 Å². The number of β-amino-alcohol motifs (C(OH)–C–C–N with tert-alkyl or cyclic N) is 1. The van der Waals surface area contributed by atoms with Gasteiger partial charge in [-0.15, -0.1) is 0 Å². The van der Waals surface area contributed by atoms with Gasteiger partial charge >= 0.3 is 5.97 Å². The van der Waals surface area contributed by atoms with Gasteiger partial charge in [-0.3, -0.25) is 14.9 Å². The van der Waals surface area contributed by atoms with Crippen molar-refractivity contribution < 1.29 is 24.7 Å². The van der Waals surface area contributed by atoms with E-state index in [1.54, 1.807) is 6.92 Å². The monoisotopic (exact) mass is 294 g/mol. The van der Waals surface area contributed by atoms with Crippen molar-refractivity contribution >= 4 is 17.6 Å². The smallest absolute Gasteiger partial charge is 0.326 e. The largest absolute Gasteiger partial charge is 0.480 e. The molecule has 1 saturated heterocycles. The van der Waals surface area contributed by atoms with Crippen molar-refractivity contribution in [2.75, 3.05) is 6.54 Å². The Hall–Kier alpha value is -2.48. The second kappa shape index (κ2) is 5.49. The summed E-state index contributed by atoms with van der Waals surface area (Å²) in [6.07, 6.45) is -0.954. The number of aryl methyl sites for hydroxylation is 1. The van der Waals surface area contributed by atoms with Crippen molar-refractivity contribution in [2.24, 2.45) is 0 Å². The Morgan fingerprint density at radius 1 is 1.43 bits per heavy atom. The van der Waals surface area contributed by atoms with Gasteiger partial charge in [0.25, 0.3) is 11.6 Å². The molecular formula is C13H14N2O6. The van der Waals surface area contributed by atoms with E-state index in [0.29, 0.717) is 5.56 Å². The first-order valence-electron chi connectivity index (χ1n) is 6.28. The Labute approximate surface area is 119 Å². The van der Waals surface area contributed by atoms with Gasteiger partial charge in [0.05, 0.1) is 11.0 Å². The van der Waals surface area contributed by atoms with Crippen molar-refractivity contribution in [1.29, 1.82) is 0 Å². The molecule has 0 aliphatic carbocycles.